The summed E-state index contributed by atoms with van der Waals surface area (Å²) in [4.78, 5) is 3.81. The number of halogens is 2. The molecular weight excluding hydrogens is 442 g/mol. The van der Waals surface area contributed by atoms with Crippen molar-refractivity contribution in [3.63, 3.8) is 0 Å². The Labute approximate surface area is 184 Å². The molecule has 3 aromatic rings. The fourth-order valence-electron chi connectivity index (χ4n) is 3.48. The molecule has 168 valence electrons. The molecule has 7 nitrogen and oxygen atoms in total. The molecule has 0 amide bonds. The van der Waals surface area contributed by atoms with Gasteiger partial charge < -0.3 is 14.2 Å². The number of fused-ring (bicyclic) bond motifs is 1. The Morgan fingerprint density at radius 3 is 2.59 bits per heavy atom. The number of aromatic nitrogens is 1. The summed E-state index contributed by atoms with van der Waals surface area (Å²) >= 11 is 0. The predicted octanol–water partition coefficient (Wildman–Crippen LogP) is 3.63. The van der Waals surface area contributed by atoms with Crippen LogP contribution in [0, 0.1) is 11.6 Å². The maximum Gasteiger partial charge on any atom is 0.246 e. The second-order valence-corrected chi connectivity index (χ2v) is 8.90. The van der Waals surface area contributed by atoms with Crippen LogP contribution in [-0.4, -0.2) is 45.1 Å². The number of benzene rings is 2. The Morgan fingerprint density at radius 2 is 1.88 bits per heavy atom. The van der Waals surface area contributed by atoms with Gasteiger partial charge in [-0.15, -0.1) is 0 Å². The van der Waals surface area contributed by atoms with Crippen LogP contribution in [-0.2, 0) is 16.6 Å². The normalized spacial score (nSPS) is 14.2. The van der Waals surface area contributed by atoms with E-state index < -0.39 is 26.6 Å². The highest BCUT2D eigenvalue weighted by Crippen LogP contribution is 2.39. The number of ether oxygens (including phenoxy) is 3. The summed E-state index contributed by atoms with van der Waals surface area (Å²) in [6, 6.07) is 11.1. The molecule has 1 aromatic heterocycles. The monoisotopic (exact) mass is 462 g/mol. The maximum atomic E-state index is 14.3. The Morgan fingerprint density at radius 1 is 1.06 bits per heavy atom. The quantitative estimate of drug-likeness (QED) is 0.576. The molecule has 0 bridgehead atoms. The second-order valence-electron chi connectivity index (χ2n) is 6.99. The third kappa shape index (κ3) is 4.11. The van der Waals surface area contributed by atoms with Crippen LogP contribution in [0.5, 0.6) is 17.4 Å². The van der Waals surface area contributed by atoms with Gasteiger partial charge in [0.2, 0.25) is 15.9 Å². The fraction of sp³-hybridized carbons (Fsp3) is 0.227. The smallest absolute Gasteiger partial charge is 0.246 e. The van der Waals surface area contributed by atoms with Gasteiger partial charge in [-0.3, -0.25) is 0 Å². The summed E-state index contributed by atoms with van der Waals surface area (Å²) < 4.78 is 71.3. The standard InChI is InChI=1S/C22H20F2N2O5S/c1-29-19-11-14(18-4-3-5-21(25-18)30-2)10-15-13-26(8-9-31-22(15)19)32(27,28)20-7-6-16(23)12-17(20)24/h3-7,10-12H,8-9,13H2,1-2H3. The fourth-order valence-corrected chi connectivity index (χ4v) is 4.92. The summed E-state index contributed by atoms with van der Waals surface area (Å²) in [5.41, 5.74) is 1.77. The number of methoxy groups -OCH3 is 2. The van der Waals surface area contributed by atoms with E-state index in [0.717, 1.165) is 16.4 Å². The Hall–Kier alpha value is -3.24. The van der Waals surface area contributed by atoms with E-state index in [1.54, 1.807) is 30.3 Å². The van der Waals surface area contributed by atoms with Crippen LogP contribution in [0.4, 0.5) is 8.78 Å². The first-order valence-electron chi connectivity index (χ1n) is 9.64. The SMILES string of the molecule is COc1cccc(-c2cc3c(c(OC)c2)OCCN(S(=O)(=O)c2ccc(F)cc2F)C3)n1. The van der Waals surface area contributed by atoms with Crippen molar-refractivity contribution in [2.45, 2.75) is 11.4 Å². The molecule has 0 unspecified atom stereocenters. The predicted molar refractivity (Wildman–Crippen MR) is 112 cm³/mol. The van der Waals surface area contributed by atoms with Crippen molar-refractivity contribution in [1.82, 2.24) is 9.29 Å². The van der Waals surface area contributed by atoms with E-state index in [1.165, 1.54) is 14.2 Å². The lowest BCUT2D eigenvalue weighted by atomic mass is 10.1. The van der Waals surface area contributed by atoms with Gasteiger partial charge in [-0.05, 0) is 30.3 Å². The average molecular weight is 462 g/mol. The average Bonchev–Trinajstić information content (AvgIpc) is 3.01. The molecule has 1 aliphatic heterocycles. The lowest BCUT2D eigenvalue weighted by molar-refractivity contribution is 0.279. The number of sulfonamides is 1. The van der Waals surface area contributed by atoms with Crippen LogP contribution < -0.4 is 14.2 Å². The topological polar surface area (TPSA) is 78.0 Å². The second kappa shape index (κ2) is 8.71. The Kier molecular flexibility index (Phi) is 5.98. The zero-order valence-corrected chi connectivity index (χ0v) is 18.2. The number of hydrogen-bond donors (Lipinski definition) is 0. The van der Waals surface area contributed by atoms with Crippen molar-refractivity contribution < 1.29 is 31.4 Å². The number of pyridine rings is 1. The molecule has 0 spiro atoms. The third-order valence-corrected chi connectivity index (χ3v) is 6.90. The molecule has 0 N–H and O–H groups in total. The first kappa shape index (κ1) is 22.0. The Balaban J connectivity index is 1.77. The number of rotatable bonds is 5. The van der Waals surface area contributed by atoms with E-state index in [1.807, 2.05) is 0 Å². The zero-order chi connectivity index (χ0) is 22.9. The van der Waals surface area contributed by atoms with E-state index >= 15 is 0 Å². The van der Waals surface area contributed by atoms with Crippen molar-refractivity contribution in [2.75, 3.05) is 27.4 Å². The van der Waals surface area contributed by atoms with Gasteiger partial charge in [-0.25, -0.2) is 22.2 Å². The van der Waals surface area contributed by atoms with E-state index in [2.05, 4.69) is 4.98 Å². The van der Waals surface area contributed by atoms with E-state index in [4.69, 9.17) is 14.2 Å². The van der Waals surface area contributed by atoms with Crippen LogP contribution in [0.25, 0.3) is 11.3 Å². The molecule has 2 heterocycles. The summed E-state index contributed by atoms with van der Waals surface area (Å²) in [5, 5.41) is 0. The third-order valence-electron chi connectivity index (χ3n) is 5.03. The summed E-state index contributed by atoms with van der Waals surface area (Å²) in [5.74, 6) is -0.775. The highest BCUT2D eigenvalue weighted by Gasteiger charge is 2.31. The zero-order valence-electron chi connectivity index (χ0n) is 17.3. The largest absolute Gasteiger partial charge is 0.493 e. The van der Waals surface area contributed by atoms with Crippen LogP contribution in [0.1, 0.15) is 5.56 Å². The molecular formula is C22H20F2N2O5S. The molecule has 0 fully saturated rings. The maximum absolute atomic E-state index is 14.3. The van der Waals surface area contributed by atoms with E-state index in [0.29, 0.717) is 40.3 Å². The molecule has 1 aliphatic rings. The van der Waals surface area contributed by atoms with Gasteiger partial charge >= 0.3 is 0 Å². The molecule has 0 saturated carbocycles. The molecule has 0 atom stereocenters. The minimum Gasteiger partial charge on any atom is -0.493 e. The number of hydrogen-bond acceptors (Lipinski definition) is 6. The first-order valence-corrected chi connectivity index (χ1v) is 11.1. The summed E-state index contributed by atoms with van der Waals surface area (Å²) in [7, 11) is -1.26. The molecule has 2 aromatic carbocycles. The number of nitrogens with zero attached hydrogens (tertiary/aromatic N) is 2. The molecule has 32 heavy (non-hydrogen) atoms. The minimum absolute atomic E-state index is 0.0241. The molecule has 4 rings (SSSR count). The van der Waals surface area contributed by atoms with Crippen molar-refractivity contribution >= 4 is 10.0 Å². The van der Waals surface area contributed by atoms with Crippen LogP contribution in [0.3, 0.4) is 0 Å². The van der Waals surface area contributed by atoms with Crippen molar-refractivity contribution in [3.05, 3.63) is 65.7 Å². The van der Waals surface area contributed by atoms with E-state index in [9.17, 15) is 17.2 Å². The molecule has 10 heteroatoms. The van der Waals surface area contributed by atoms with Crippen molar-refractivity contribution in [3.8, 4) is 28.6 Å². The Bertz CT molecular complexity index is 1270. The molecule has 0 radical (unpaired) electrons. The van der Waals surface area contributed by atoms with Crippen LogP contribution in [0.2, 0.25) is 0 Å². The van der Waals surface area contributed by atoms with Gasteiger partial charge in [-0.1, -0.05) is 6.07 Å². The highest BCUT2D eigenvalue weighted by atomic mass is 32.2. The van der Waals surface area contributed by atoms with Gasteiger partial charge in [0.25, 0.3) is 0 Å². The first-order chi connectivity index (χ1) is 15.3. The van der Waals surface area contributed by atoms with Gasteiger partial charge in [0.1, 0.15) is 23.1 Å². The van der Waals surface area contributed by atoms with Gasteiger partial charge in [-0.2, -0.15) is 4.31 Å². The molecule has 0 aliphatic carbocycles. The summed E-state index contributed by atoms with van der Waals surface area (Å²) in [6.45, 7) is -0.0888. The van der Waals surface area contributed by atoms with Crippen LogP contribution >= 0.6 is 0 Å². The van der Waals surface area contributed by atoms with Gasteiger partial charge in [0, 0.05) is 36.3 Å². The van der Waals surface area contributed by atoms with Crippen LogP contribution in [0.15, 0.2) is 53.4 Å². The van der Waals surface area contributed by atoms with Crippen molar-refractivity contribution in [1.29, 1.82) is 0 Å². The van der Waals surface area contributed by atoms with Crippen molar-refractivity contribution in [2.24, 2.45) is 0 Å². The lowest BCUT2D eigenvalue weighted by Crippen LogP contribution is -2.33. The lowest BCUT2D eigenvalue weighted by Gasteiger charge is -2.20. The molecule has 0 saturated heterocycles. The van der Waals surface area contributed by atoms with Gasteiger partial charge in [0.05, 0.1) is 19.9 Å². The van der Waals surface area contributed by atoms with E-state index in [-0.39, 0.29) is 19.7 Å². The highest BCUT2D eigenvalue weighted by molar-refractivity contribution is 7.89. The summed E-state index contributed by atoms with van der Waals surface area (Å²) in [6.07, 6.45) is 0. The van der Waals surface area contributed by atoms with Gasteiger partial charge in [0.15, 0.2) is 11.5 Å². The minimum atomic E-state index is -4.25.